The number of anilines is 2. The zero-order chi connectivity index (χ0) is 14.9. The minimum Gasteiger partial charge on any atom is -0.325 e. The molecule has 0 aromatic heterocycles. The van der Waals surface area contributed by atoms with E-state index in [4.69, 9.17) is 17.3 Å². The van der Waals surface area contributed by atoms with Crippen LogP contribution in [0.3, 0.4) is 0 Å². The van der Waals surface area contributed by atoms with E-state index in [0.29, 0.717) is 16.4 Å². The van der Waals surface area contributed by atoms with Gasteiger partial charge in [-0.3, -0.25) is 9.59 Å². The summed E-state index contributed by atoms with van der Waals surface area (Å²) in [4.78, 5) is 23.1. The highest BCUT2D eigenvalue weighted by Crippen LogP contribution is 2.38. The molecule has 1 unspecified atom stereocenters. The third kappa shape index (κ3) is 3.29. The van der Waals surface area contributed by atoms with Gasteiger partial charge in [-0.15, -0.1) is 0 Å². The van der Waals surface area contributed by atoms with Crippen molar-refractivity contribution >= 4 is 34.8 Å². The molecule has 108 valence electrons. The van der Waals surface area contributed by atoms with Crippen LogP contribution in [0.25, 0.3) is 0 Å². The number of rotatable bonds is 4. The molecule has 1 aliphatic rings. The van der Waals surface area contributed by atoms with Gasteiger partial charge in [0.2, 0.25) is 11.8 Å². The maximum Gasteiger partial charge on any atom is 0.244 e. The largest absolute Gasteiger partial charge is 0.325 e. The van der Waals surface area contributed by atoms with E-state index in [1.165, 1.54) is 6.92 Å². The van der Waals surface area contributed by atoms with Gasteiger partial charge in [0.15, 0.2) is 0 Å². The van der Waals surface area contributed by atoms with Gasteiger partial charge in [0.25, 0.3) is 0 Å². The van der Waals surface area contributed by atoms with Crippen molar-refractivity contribution in [2.24, 2.45) is 11.7 Å². The van der Waals surface area contributed by atoms with E-state index in [1.807, 2.05) is 0 Å². The smallest absolute Gasteiger partial charge is 0.244 e. The normalized spacial score (nSPS) is 17.2. The Bertz CT molecular complexity index is 553. The molecule has 0 saturated heterocycles. The highest BCUT2D eigenvalue weighted by atomic mass is 35.5. The van der Waals surface area contributed by atoms with E-state index in [2.05, 4.69) is 10.6 Å². The number of hydrogen-bond donors (Lipinski definition) is 3. The molecule has 0 bridgehead atoms. The van der Waals surface area contributed by atoms with Gasteiger partial charge in [0.1, 0.15) is 0 Å². The molecule has 2 amide bonds. The Kier molecular flexibility index (Phi) is 4.01. The minimum atomic E-state index is -0.858. The number of amides is 2. The fraction of sp³-hybridized carbons (Fsp3) is 0.429. The van der Waals surface area contributed by atoms with Crippen LogP contribution in [-0.4, -0.2) is 17.4 Å². The predicted molar refractivity (Wildman–Crippen MR) is 79.7 cm³/mol. The summed E-state index contributed by atoms with van der Waals surface area (Å²) < 4.78 is 0. The monoisotopic (exact) mass is 295 g/mol. The predicted octanol–water partition coefficient (Wildman–Crippen LogP) is 2.36. The quantitative estimate of drug-likeness (QED) is 0.797. The van der Waals surface area contributed by atoms with Crippen molar-refractivity contribution in [1.29, 1.82) is 0 Å². The van der Waals surface area contributed by atoms with Crippen molar-refractivity contribution < 1.29 is 9.59 Å². The second-order valence-electron chi connectivity index (χ2n) is 5.39. The van der Waals surface area contributed by atoms with E-state index in [1.54, 1.807) is 25.1 Å². The molecule has 1 fully saturated rings. The van der Waals surface area contributed by atoms with E-state index < -0.39 is 5.54 Å². The first-order valence-corrected chi connectivity index (χ1v) is 6.86. The number of carbonyl (C=O) groups excluding carboxylic acids is 2. The molecular formula is C14H18ClN3O2. The zero-order valence-electron chi connectivity index (χ0n) is 11.5. The Morgan fingerprint density at radius 1 is 1.35 bits per heavy atom. The van der Waals surface area contributed by atoms with E-state index in [9.17, 15) is 9.59 Å². The second-order valence-corrected chi connectivity index (χ2v) is 5.79. The van der Waals surface area contributed by atoms with Crippen LogP contribution in [0.1, 0.15) is 26.7 Å². The van der Waals surface area contributed by atoms with Crippen molar-refractivity contribution in [2.45, 2.75) is 32.2 Å². The molecule has 0 spiro atoms. The number of halogens is 1. The van der Waals surface area contributed by atoms with Crippen LogP contribution in [-0.2, 0) is 9.59 Å². The van der Waals surface area contributed by atoms with Gasteiger partial charge in [0, 0.05) is 12.6 Å². The summed E-state index contributed by atoms with van der Waals surface area (Å²) in [7, 11) is 0. The SMILES string of the molecule is CC(=O)Nc1ccc(NC(=O)C(C)(N)C2CC2)cc1Cl. The number of benzene rings is 1. The summed E-state index contributed by atoms with van der Waals surface area (Å²) in [5, 5.41) is 5.73. The summed E-state index contributed by atoms with van der Waals surface area (Å²) in [5.74, 6) is -0.174. The minimum absolute atomic E-state index is 0.202. The van der Waals surface area contributed by atoms with Gasteiger partial charge in [-0.1, -0.05) is 11.6 Å². The highest BCUT2D eigenvalue weighted by Gasteiger charge is 2.44. The Labute approximate surface area is 122 Å². The number of nitrogens with two attached hydrogens (primary N) is 1. The van der Waals surface area contributed by atoms with E-state index in [-0.39, 0.29) is 17.7 Å². The fourth-order valence-electron chi connectivity index (χ4n) is 2.02. The number of hydrogen-bond acceptors (Lipinski definition) is 3. The standard InChI is InChI=1S/C14H18ClN3O2/c1-8(19)17-12-6-5-10(7-11(12)15)18-13(20)14(2,16)9-3-4-9/h5-7,9H,3-4,16H2,1-2H3,(H,17,19)(H,18,20). The average molecular weight is 296 g/mol. The summed E-state index contributed by atoms with van der Waals surface area (Å²) >= 11 is 6.05. The fourth-order valence-corrected chi connectivity index (χ4v) is 2.25. The molecule has 0 radical (unpaired) electrons. The van der Waals surface area contributed by atoms with Crippen LogP contribution in [0.15, 0.2) is 18.2 Å². The van der Waals surface area contributed by atoms with Crippen LogP contribution in [0.2, 0.25) is 5.02 Å². The molecule has 1 aromatic carbocycles. The molecule has 1 atom stereocenters. The molecule has 20 heavy (non-hydrogen) atoms. The lowest BCUT2D eigenvalue weighted by atomic mass is 9.96. The lowest BCUT2D eigenvalue weighted by Gasteiger charge is -2.23. The topological polar surface area (TPSA) is 84.2 Å². The Hall–Kier alpha value is -1.59. The molecule has 0 aliphatic heterocycles. The van der Waals surface area contributed by atoms with E-state index >= 15 is 0 Å². The van der Waals surface area contributed by atoms with Gasteiger partial charge in [0.05, 0.1) is 16.2 Å². The summed E-state index contributed by atoms with van der Waals surface area (Å²) in [6, 6.07) is 4.91. The lowest BCUT2D eigenvalue weighted by molar-refractivity contribution is -0.121. The Morgan fingerprint density at radius 2 is 2.00 bits per heavy atom. The Morgan fingerprint density at radius 3 is 2.50 bits per heavy atom. The molecule has 5 nitrogen and oxygen atoms in total. The molecule has 0 heterocycles. The molecule has 1 aromatic rings. The van der Waals surface area contributed by atoms with Crippen molar-refractivity contribution in [3.05, 3.63) is 23.2 Å². The maximum atomic E-state index is 12.1. The third-order valence-corrected chi connectivity index (χ3v) is 3.77. The second kappa shape index (κ2) is 5.42. The average Bonchev–Trinajstić information content (AvgIpc) is 3.16. The molecule has 2 rings (SSSR count). The maximum absolute atomic E-state index is 12.1. The van der Waals surface area contributed by atoms with Crippen LogP contribution in [0.5, 0.6) is 0 Å². The van der Waals surface area contributed by atoms with Gasteiger partial charge >= 0.3 is 0 Å². The van der Waals surface area contributed by atoms with Crippen LogP contribution in [0.4, 0.5) is 11.4 Å². The first-order valence-electron chi connectivity index (χ1n) is 6.48. The summed E-state index contributed by atoms with van der Waals surface area (Å²) in [5.41, 5.74) is 6.26. The van der Waals surface area contributed by atoms with Crippen molar-refractivity contribution in [3.8, 4) is 0 Å². The number of carbonyl (C=O) groups is 2. The van der Waals surface area contributed by atoms with Crippen molar-refractivity contribution in [3.63, 3.8) is 0 Å². The zero-order valence-corrected chi connectivity index (χ0v) is 12.3. The lowest BCUT2D eigenvalue weighted by Crippen LogP contribution is -2.50. The number of nitrogens with one attached hydrogen (secondary N) is 2. The van der Waals surface area contributed by atoms with Gasteiger partial charge < -0.3 is 16.4 Å². The Balaban J connectivity index is 2.08. The molecular weight excluding hydrogens is 278 g/mol. The molecule has 1 saturated carbocycles. The van der Waals surface area contributed by atoms with Crippen molar-refractivity contribution in [2.75, 3.05) is 10.6 Å². The third-order valence-electron chi connectivity index (χ3n) is 3.45. The van der Waals surface area contributed by atoms with Gasteiger partial charge in [-0.2, -0.15) is 0 Å². The summed E-state index contributed by atoms with van der Waals surface area (Å²) in [6.45, 7) is 3.15. The van der Waals surface area contributed by atoms with Gasteiger partial charge in [-0.05, 0) is 43.9 Å². The van der Waals surface area contributed by atoms with Crippen LogP contribution < -0.4 is 16.4 Å². The molecule has 4 N–H and O–H groups in total. The summed E-state index contributed by atoms with van der Waals surface area (Å²) in [6.07, 6.45) is 1.98. The highest BCUT2D eigenvalue weighted by molar-refractivity contribution is 6.34. The van der Waals surface area contributed by atoms with Gasteiger partial charge in [-0.25, -0.2) is 0 Å². The first kappa shape index (κ1) is 14.8. The first-order chi connectivity index (χ1) is 9.30. The van der Waals surface area contributed by atoms with Crippen molar-refractivity contribution in [1.82, 2.24) is 0 Å². The molecule has 6 heteroatoms. The van der Waals surface area contributed by atoms with E-state index in [0.717, 1.165) is 12.8 Å². The molecule has 1 aliphatic carbocycles. The van der Waals surface area contributed by atoms with Crippen LogP contribution in [0, 0.1) is 5.92 Å². The van der Waals surface area contributed by atoms with Crippen LogP contribution >= 0.6 is 11.6 Å².